The van der Waals surface area contributed by atoms with Crippen LogP contribution in [0, 0.1) is 5.82 Å². The number of carbonyl (C=O) groups excluding carboxylic acids is 1. The summed E-state index contributed by atoms with van der Waals surface area (Å²) in [5, 5.41) is 2.83. The lowest BCUT2D eigenvalue weighted by Gasteiger charge is -2.35. The molecule has 1 N–H and O–H groups in total. The van der Waals surface area contributed by atoms with Crippen molar-refractivity contribution in [3.8, 4) is 0 Å². The van der Waals surface area contributed by atoms with E-state index >= 15 is 0 Å². The van der Waals surface area contributed by atoms with Crippen LogP contribution in [-0.4, -0.2) is 36.1 Å². The molecule has 2 aromatic rings. The van der Waals surface area contributed by atoms with Gasteiger partial charge in [0, 0.05) is 26.2 Å². The lowest BCUT2D eigenvalue weighted by Crippen LogP contribution is -2.45. The van der Waals surface area contributed by atoms with Gasteiger partial charge in [-0.1, -0.05) is 36.4 Å². The minimum absolute atomic E-state index is 0.0702. The summed E-state index contributed by atoms with van der Waals surface area (Å²) in [7, 11) is 0. The maximum Gasteiger partial charge on any atom is 0.254 e. The van der Waals surface area contributed by atoms with Gasteiger partial charge >= 0.3 is 0 Å². The van der Waals surface area contributed by atoms with E-state index in [1.165, 1.54) is 17.7 Å². The monoisotopic (exact) mass is 356 g/mol. The van der Waals surface area contributed by atoms with Crippen molar-refractivity contribution in [3.63, 3.8) is 0 Å². The zero-order chi connectivity index (χ0) is 18.5. The van der Waals surface area contributed by atoms with Crippen LogP contribution in [0.15, 0.2) is 48.5 Å². The standard InChI is InChI=1S/C21H25FN2O2/c1-15-12-24(13-16(2)26-15)14-18-8-4-3-7-17(18)11-23-21(25)19-9-5-6-10-20(19)22/h3-10,15-16H,11-14H2,1-2H3,(H,23,25)/t15-,16-/m1/s1. The first-order chi connectivity index (χ1) is 12.5. The van der Waals surface area contributed by atoms with Crippen molar-refractivity contribution in [1.29, 1.82) is 0 Å². The summed E-state index contributed by atoms with van der Waals surface area (Å²) in [6, 6.07) is 14.1. The summed E-state index contributed by atoms with van der Waals surface area (Å²) in [6.45, 7) is 7.13. The average molecular weight is 356 g/mol. The van der Waals surface area contributed by atoms with Crippen molar-refractivity contribution in [1.82, 2.24) is 10.2 Å². The Hall–Kier alpha value is -2.24. The molecule has 0 radical (unpaired) electrons. The highest BCUT2D eigenvalue weighted by molar-refractivity contribution is 5.94. The van der Waals surface area contributed by atoms with Crippen LogP contribution in [0.3, 0.4) is 0 Å². The van der Waals surface area contributed by atoms with Crippen molar-refractivity contribution in [3.05, 3.63) is 71.0 Å². The Labute approximate surface area is 154 Å². The second kappa shape index (κ2) is 8.43. The smallest absolute Gasteiger partial charge is 0.254 e. The minimum atomic E-state index is -0.505. The van der Waals surface area contributed by atoms with Gasteiger partial charge in [-0.3, -0.25) is 9.69 Å². The lowest BCUT2D eigenvalue weighted by molar-refractivity contribution is -0.0705. The molecule has 1 saturated heterocycles. The molecule has 0 saturated carbocycles. The number of carbonyl (C=O) groups is 1. The number of hydrogen-bond donors (Lipinski definition) is 1. The van der Waals surface area contributed by atoms with E-state index in [0.717, 1.165) is 25.2 Å². The molecule has 0 unspecified atom stereocenters. The number of halogens is 1. The Morgan fingerprint density at radius 1 is 1.08 bits per heavy atom. The largest absolute Gasteiger partial charge is 0.373 e. The minimum Gasteiger partial charge on any atom is -0.373 e. The molecular formula is C21H25FN2O2. The molecule has 2 aromatic carbocycles. The first kappa shape index (κ1) is 18.5. The predicted molar refractivity (Wildman–Crippen MR) is 99.3 cm³/mol. The second-order valence-electron chi connectivity index (χ2n) is 6.88. The van der Waals surface area contributed by atoms with Gasteiger partial charge in [0.2, 0.25) is 0 Å². The molecule has 138 valence electrons. The van der Waals surface area contributed by atoms with Crippen LogP contribution in [0.1, 0.15) is 35.3 Å². The molecule has 0 spiro atoms. The summed E-state index contributed by atoms with van der Waals surface area (Å²) in [4.78, 5) is 14.6. The van der Waals surface area contributed by atoms with Gasteiger partial charge in [-0.05, 0) is 37.1 Å². The summed E-state index contributed by atoms with van der Waals surface area (Å²) in [6.07, 6.45) is 0.429. The topological polar surface area (TPSA) is 41.6 Å². The number of benzene rings is 2. The lowest BCUT2D eigenvalue weighted by atomic mass is 10.1. The van der Waals surface area contributed by atoms with E-state index in [0.29, 0.717) is 6.54 Å². The van der Waals surface area contributed by atoms with E-state index < -0.39 is 11.7 Å². The van der Waals surface area contributed by atoms with Crippen molar-refractivity contribution < 1.29 is 13.9 Å². The molecule has 1 aliphatic rings. The van der Waals surface area contributed by atoms with Crippen LogP contribution in [0.2, 0.25) is 0 Å². The highest BCUT2D eigenvalue weighted by Gasteiger charge is 2.22. The zero-order valence-corrected chi connectivity index (χ0v) is 15.2. The number of morpholine rings is 1. The van der Waals surface area contributed by atoms with Gasteiger partial charge in [0.05, 0.1) is 17.8 Å². The summed E-state index contributed by atoms with van der Waals surface area (Å²) < 4.78 is 19.5. The first-order valence-electron chi connectivity index (χ1n) is 9.00. The van der Waals surface area contributed by atoms with Gasteiger partial charge in [-0.2, -0.15) is 0 Å². The van der Waals surface area contributed by atoms with Gasteiger partial charge in [-0.15, -0.1) is 0 Å². The second-order valence-corrected chi connectivity index (χ2v) is 6.88. The number of nitrogens with one attached hydrogen (secondary N) is 1. The Morgan fingerprint density at radius 2 is 1.69 bits per heavy atom. The molecule has 1 aliphatic heterocycles. The molecule has 0 bridgehead atoms. The average Bonchev–Trinajstić information content (AvgIpc) is 2.60. The Kier molecular flexibility index (Phi) is 6.01. The van der Waals surface area contributed by atoms with E-state index in [4.69, 9.17) is 4.74 Å². The fourth-order valence-corrected chi connectivity index (χ4v) is 3.45. The SMILES string of the molecule is C[C@@H]1CN(Cc2ccccc2CNC(=O)c2ccccc2F)C[C@@H](C)O1. The maximum atomic E-state index is 13.7. The van der Waals surface area contributed by atoms with Crippen LogP contribution in [0.25, 0.3) is 0 Å². The van der Waals surface area contributed by atoms with Crippen molar-refractivity contribution in [2.75, 3.05) is 13.1 Å². The van der Waals surface area contributed by atoms with Crippen LogP contribution in [0.5, 0.6) is 0 Å². The Balaban J connectivity index is 1.66. The maximum absolute atomic E-state index is 13.7. The molecule has 1 fully saturated rings. The molecule has 1 amide bonds. The fourth-order valence-electron chi connectivity index (χ4n) is 3.45. The third-order valence-corrected chi connectivity index (χ3v) is 4.57. The normalized spacial score (nSPS) is 20.7. The molecule has 26 heavy (non-hydrogen) atoms. The highest BCUT2D eigenvalue weighted by Crippen LogP contribution is 2.17. The van der Waals surface area contributed by atoms with Gasteiger partial charge in [0.15, 0.2) is 0 Å². The number of nitrogens with zero attached hydrogens (tertiary/aromatic N) is 1. The van der Waals surface area contributed by atoms with Crippen LogP contribution in [0.4, 0.5) is 4.39 Å². The number of rotatable bonds is 5. The van der Waals surface area contributed by atoms with Gasteiger partial charge in [0.1, 0.15) is 5.82 Å². The molecule has 0 aliphatic carbocycles. The number of ether oxygens (including phenoxy) is 1. The predicted octanol–water partition coefficient (Wildman–Crippen LogP) is 3.36. The zero-order valence-electron chi connectivity index (χ0n) is 15.2. The molecule has 1 heterocycles. The summed E-state index contributed by atoms with van der Waals surface area (Å²) >= 11 is 0. The van der Waals surface area contributed by atoms with Crippen LogP contribution >= 0.6 is 0 Å². The van der Waals surface area contributed by atoms with E-state index in [1.54, 1.807) is 12.1 Å². The fraction of sp³-hybridized carbons (Fsp3) is 0.381. The van der Waals surface area contributed by atoms with Gasteiger partial charge in [-0.25, -0.2) is 4.39 Å². The van der Waals surface area contributed by atoms with E-state index in [9.17, 15) is 9.18 Å². The molecule has 4 nitrogen and oxygen atoms in total. The van der Waals surface area contributed by atoms with Gasteiger partial charge < -0.3 is 10.1 Å². The van der Waals surface area contributed by atoms with Crippen molar-refractivity contribution in [2.24, 2.45) is 0 Å². The third-order valence-electron chi connectivity index (χ3n) is 4.57. The quantitative estimate of drug-likeness (QED) is 0.893. The van der Waals surface area contributed by atoms with Crippen LogP contribution in [-0.2, 0) is 17.8 Å². The van der Waals surface area contributed by atoms with Gasteiger partial charge in [0.25, 0.3) is 5.91 Å². The van der Waals surface area contributed by atoms with Crippen molar-refractivity contribution >= 4 is 5.91 Å². The van der Waals surface area contributed by atoms with Crippen LogP contribution < -0.4 is 5.32 Å². The number of amides is 1. The van der Waals surface area contributed by atoms with E-state index in [1.807, 2.05) is 18.2 Å². The molecule has 0 aromatic heterocycles. The third kappa shape index (κ3) is 4.68. The van der Waals surface area contributed by atoms with E-state index in [2.05, 4.69) is 30.1 Å². The molecule has 5 heteroatoms. The highest BCUT2D eigenvalue weighted by atomic mass is 19.1. The molecule has 2 atom stereocenters. The summed E-state index contributed by atoms with van der Waals surface area (Å²) in [5.41, 5.74) is 2.28. The number of hydrogen-bond acceptors (Lipinski definition) is 3. The molecular weight excluding hydrogens is 331 g/mol. The van der Waals surface area contributed by atoms with E-state index in [-0.39, 0.29) is 17.8 Å². The molecule has 3 rings (SSSR count). The first-order valence-corrected chi connectivity index (χ1v) is 9.00. The Morgan fingerprint density at radius 3 is 2.38 bits per heavy atom. The summed E-state index contributed by atoms with van der Waals surface area (Å²) in [5.74, 6) is -0.902. The Bertz CT molecular complexity index is 755. The van der Waals surface area contributed by atoms with Crippen molar-refractivity contribution in [2.45, 2.75) is 39.1 Å².